The summed E-state index contributed by atoms with van der Waals surface area (Å²) in [6.45, 7) is 0. The van der Waals surface area contributed by atoms with E-state index in [2.05, 4.69) is 15.8 Å². The van der Waals surface area contributed by atoms with Crippen LogP contribution in [0.2, 0.25) is 0 Å². The maximum Gasteiger partial charge on any atom is 0.266 e. The van der Waals surface area contributed by atoms with E-state index in [1.807, 2.05) is 73.0 Å². The van der Waals surface area contributed by atoms with E-state index in [0.29, 0.717) is 12.0 Å². The van der Waals surface area contributed by atoms with E-state index in [1.165, 1.54) is 0 Å². The molecule has 2 N–H and O–H groups in total. The molecule has 0 spiro atoms. The zero-order valence-electron chi connectivity index (χ0n) is 16.6. The van der Waals surface area contributed by atoms with Gasteiger partial charge in [-0.1, -0.05) is 48.2 Å². The number of nitrogens with one attached hydrogen (secondary N) is 2. The standard InChI is InChI=1S/C23H23N3O2S2/c1-29-14-12-18(16-27)25-26-23(28)20-11-10-19(30-22-9-5-6-13-24-22)15-21(20)17-7-3-2-4-8-17/h2-11,13,15-16,18,25H,12,14H2,1H3,(H,26,28). The third-order valence-electron chi connectivity index (χ3n) is 4.35. The van der Waals surface area contributed by atoms with Gasteiger partial charge in [0.05, 0.1) is 6.04 Å². The summed E-state index contributed by atoms with van der Waals surface area (Å²) < 4.78 is 0. The van der Waals surface area contributed by atoms with Crippen molar-refractivity contribution in [2.45, 2.75) is 22.4 Å². The van der Waals surface area contributed by atoms with Crippen molar-refractivity contribution in [1.29, 1.82) is 0 Å². The zero-order chi connectivity index (χ0) is 21.2. The van der Waals surface area contributed by atoms with Crippen molar-refractivity contribution in [3.05, 3.63) is 78.5 Å². The van der Waals surface area contributed by atoms with Crippen LogP contribution in [0.5, 0.6) is 0 Å². The molecule has 0 saturated carbocycles. The van der Waals surface area contributed by atoms with Crippen LogP contribution in [0, 0.1) is 0 Å². The first-order valence-electron chi connectivity index (χ1n) is 9.49. The number of carbonyl (C=O) groups excluding carboxylic acids is 2. The van der Waals surface area contributed by atoms with Crippen LogP contribution in [-0.2, 0) is 4.79 Å². The molecule has 1 aromatic heterocycles. The molecule has 0 bridgehead atoms. The molecule has 1 atom stereocenters. The fraction of sp³-hybridized carbons (Fsp3) is 0.174. The SMILES string of the molecule is CSCCC(C=O)NNC(=O)c1ccc(Sc2ccccn2)cc1-c1ccccc1. The van der Waals surface area contributed by atoms with Crippen molar-refractivity contribution in [1.82, 2.24) is 15.8 Å². The number of benzene rings is 2. The molecule has 2 aromatic carbocycles. The molecule has 30 heavy (non-hydrogen) atoms. The maximum atomic E-state index is 12.9. The van der Waals surface area contributed by atoms with Gasteiger partial charge in [0.15, 0.2) is 0 Å². The van der Waals surface area contributed by atoms with Crippen LogP contribution < -0.4 is 10.9 Å². The molecular formula is C23H23N3O2S2. The molecule has 1 heterocycles. The molecule has 7 heteroatoms. The molecule has 0 aliphatic rings. The van der Waals surface area contributed by atoms with Gasteiger partial charge in [0, 0.05) is 16.7 Å². The average molecular weight is 438 g/mol. The molecule has 0 saturated heterocycles. The topological polar surface area (TPSA) is 71.1 Å². The lowest BCUT2D eigenvalue weighted by atomic mass is 9.99. The fourth-order valence-electron chi connectivity index (χ4n) is 2.81. The first-order chi connectivity index (χ1) is 14.7. The Morgan fingerprint density at radius 3 is 2.60 bits per heavy atom. The number of thioether (sulfide) groups is 1. The molecule has 0 radical (unpaired) electrons. The van der Waals surface area contributed by atoms with E-state index < -0.39 is 6.04 Å². The third kappa shape index (κ3) is 6.19. The van der Waals surface area contributed by atoms with Crippen LogP contribution in [0.1, 0.15) is 16.8 Å². The van der Waals surface area contributed by atoms with Crippen molar-refractivity contribution >= 4 is 35.7 Å². The summed E-state index contributed by atoms with van der Waals surface area (Å²) in [6.07, 6.45) is 5.21. The summed E-state index contributed by atoms with van der Waals surface area (Å²) in [6, 6.07) is 20.8. The summed E-state index contributed by atoms with van der Waals surface area (Å²) in [7, 11) is 0. The third-order valence-corrected chi connectivity index (χ3v) is 5.93. The Bertz CT molecular complexity index is 969. The molecule has 5 nitrogen and oxygen atoms in total. The number of hydrogen-bond acceptors (Lipinski definition) is 6. The molecule has 3 aromatic rings. The highest BCUT2D eigenvalue weighted by Crippen LogP contribution is 2.32. The number of hydrogen-bond donors (Lipinski definition) is 2. The van der Waals surface area contributed by atoms with Crippen molar-refractivity contribution in [2.75, 3.05) is 12.0 Å². The Morgan fingerprint density at radius 2 is 1.90 bits per heavy atom. The summed E-state index contributed by atoms with van der Waals surface area (Å²) in [5, 5.41) is 0.887. The van der Waals surface area contributed by atoms with Gasteiger partial charge in [0.1, 0.15) is 11.3 Å². The van der Waals surface area contributed by atoms with Crippen LogP contribution in [0.3, 0.4) is 0 Å². The quantitative estimate of drug-likeness (QED) is 0.361. The van der Waals surface area contributed by atoms with E-state index in [-0.39, 0.29) is 5.91 Å². The minimum atomic E-state index is -0.416. The van der Waals surface area contributed by atoms with Crippen molar-refractivity contribution in [3.63, 3.8) is 0 Å². The van der Waals surface area contributed by atoms with Gasteiger partial charge in [-0.2, -0.15) is 11.8 Å². The van der Waals surface area contributed by atoms with E-state index in [1.54, 1.807) is 29.7 Å². The number of hydrazine groups is 1. The second-order valence-corrected chi connectivity index (χ2v) is 8.55. The Hall–Kier alpha value is -2.61. The summed E-state index contributed by atoms with van der Waals surface area (Å²) in [5.41, 5.74) is 7.83. The van der Waals surface area contributed by atoms with Gasteiger partial charge in [-0.15, -0.1) is 0 Å². The van der Waals surface area contributed by atoms with Crippen LogP contribution in [-0.4, -0.2) is 35.2 Å². The van der Waals surface area contributed by atoms with Crippen molar-refractivity contribution < 1.29 is 9.59 Å². The van der Waals surface area contributed by atoms with Crippen LogP contribution in [0.15, 0.2) is 82.8 Å². The molecule has 0 aliphatic carbocycles. The van der Waals surface area contributed by atoms with Gasteiger partial charge in [0.2, 0.25) is 0 Å². The molecular weight excluding hydrogens is 414 g/mol. The maximum absolute atomic E-state index is 12.9. The Balaban J connectivity index is 1.84. The monoisotopic (exact) mass is 437 g/mol. The zero-order valence-corrected chi connectivity index (χ0v) is 18.2. The van der Waals surface area contributed by atoms with E-state index in [0.717, 1.165) is 33.1 Å². The van der Waals surface area contributed by atoms with Crippen LogP contribution >= 0.6 is 23.5 Å². The smallest absolute Gasteiger partial charge is 0.266 e. The van der Waals surface area contributed by atoms with Gasteiger partial charge in [-0.25, -0.2) is 10.4 Å². The molecule has 1 unspecified atom stereocenters. The minimum Gasteiger partial charge on any atom is -0.302 e. The Kier molecular flexibility index (Phi) is 8.50. The summed E-state index contributed by atoms with van der Waals surface area (Å²) in [5.74, 6) is 0.556. The van der Waals surface area contributed by atoms with Gasteiger partial charge in [-0.3, -0.25) is 10.2 Å². The largest absolute Gasteiger partial charge is 0.302 e. The van der Waals surface area contributed by atoms with Crippen LogP contribution in [0.25, 0.3) is 11.1 Å². The number of aldehydes is 1. The average Bonchev–Trinajstić information content (AvgIpc) is 2.80. The number of pyridine rings is 1. The number of amides is 1. The number of nitrogens with zero attached hydrogens (tertiary/aromatic N) is 1. The van der Waals surface area contributed by atoms with Gasteiger partial charge >= 0.3 is 0 Å². The van der Waals surface area contributed by atoms with E-state index >= 15 is 0 Å². The number of aromatic nitrogens is 1. The highest BCUT2D eigenvalue weighted by Gasteiger charge is 2.16. The second-order valence-electron chi connectivity index (χ2n) is 6.47. The molecule has 0 fully saturated rings. The van der Waals surface area contributed by atoms with Gasteiger partial charge < -0.3 is 4.79 Å². The Labute approximate surface area is 185 Å². The predicted molar refractivity (Wildman–Crippen MR) is 124 cm³/mol. The normalized spacial score (nSPS) is 11.6. The first-order valence-corrected chi connectivity index (χ1v) is 11.7. The van der Waals surface area contributed by atoms with Crippen molar-refractivity contribution in [3.8, 4) is 11.1 Å². The predicted octanol–water partition coefficient (Wildman–Crippen LogP) is 4.45. The molecule has 3 rings (SSSR count). The van der Waals surface area contributed by atoms with Gasteiger partial charge in [0.25, 0.3) is 5.91 Å². The lowest BCUT2D eigenvalue weighted by Crippen LogP contribution is -2.45. The fourth-order valence-corrected chi connectivity index (χ4v) is 4.12. The lowest BCUT2D eigenvalue weighted by Gasteiger charge is -2.16. The molecule has 1 amide bonds. The Morgan fingerprint density at radius 1 is 1.10 bits per heavy atom. The first kappa shape index (κ1) is 22.1. The lowest BCUT2D eigenvalue weighted by molar-refractivity contribution is -0.109. The van der Waals surface area contributed by atoms with E-state index in [4.69, 9.17) is 0 Å². The van der Waals surface area contributed by atoms with E-state index in [9.17, 15) is 9.59 Å². The minimum absolute atomic E-state index is 0.278. The highest BCUT2D eigenvalue weighted by molar-refractivity contribution is 7.99. The highest BCUT2D eigenvalue weighted by atomic mass is 32.2. The summed E-state index contributed by atoms with van der Waals surface area (Å²) >= 11 is 3.20. The number of carbonyl (C=O) groups is 2. The molecule has 0 aliphatic heterocycles. The number of rotatable bonds is 10. The van der Waals surface area contributed by atoms with Crippen LogP contribution in [0.4, 0.5) is 0 Å². The molecule has 154 valence electrons. The second kappa shape index (κ2) is 11.5. The van der Waals surface area contributed by atoms with Crippen molar-refractivity contribution in [2.24, 2.45) is 0 Å². The van der Waals surface area contributed by atoms with Gasteiger partial charge in [-0.05, 0) is 59.9 Å². The summed E-state index contributed by atoms with van der Waals surface area (Å²) in [4.78, 5) is 29.5.